The first-order chi connectivity index (χ1) is 29.9. The van der Waals surface area contributed by atoms with E-state index in [0.29, 0.717) is 18.3 Å². The Morgan fingerprint density at radius 1 is 0.625 bits per heavy atom. The van der Waals surface area contributed by atoms with Crippen molar-refractivity contribution in [1.29, 1.82) is 0 Å². The van der Waals surface area contributed by atoms with Crippen LogP contribution in [0.15, 0.2) is 11.6 Å². The van der Waals surface area contributed by atoms with E-state index in [4.69, 9.17) is 28.4 Å². The van der Waals surface area contributed by atoms with Gasteiger partial charge in [-0.2, -0.15) is 0 Å². The molecule has 368 valence electrons. The number of ether oxygens (including phenoxy) is 6. The lowest BCUT2D eigenvalue weighted by molar-refractivity contribution is -0.373. The van der Waals surface area contributed by atoms with Crippen molar-refractivity contribution in [3.05, 3.63) is 11.6 Å². The van der Waals surface area contributed by atoms with Crippen LogP contribution in [-0.4, -0.2) is 169 Å². The highest BCUT2D eigenvalue weighted by Crippen LogP contribution is 2.76. The molecule has 8 rings (SSSR count). The van der Waals surface area contributed by atoms with Crippen molar-refractivity contribution in [3.63, 3.8) is 0 Å². The minimum absolute atomic E-state index is 0.0221. The molecule has 5 aliphatic carbocycles. The van der Waals surface area contributed by atoms with Crippen LogP contribution in [0, 0.1) is 50.2 Å². The molecule has 7 fully saturated rings. The van der Waals surface area contributed by atoms with Gasteiger partial charge in [-0.05, 0) is 116 Å². The Balaban J connectivity index is 1.02. The van der Waals surface area contributed by atoms with E-state index < -0.39 is 117 Å². The number of allylic oxidation sites excluding steroid dienone is 2. The van der Waals surface area contributed by atoms with Gasteiger partial charge in [0.15, 0.2) is 18.9 Å². The first-order valence-corrected chi connectivity index (χ1v) is 24.2. The number of aliphatic hydroxyl groups is 10. The Morgan fingerprint density at radius 2 is 1.25 bits per heavy atom. The fourth-order valence-corrected chi connectivity index (χ4v) is 15.0. The molecule has 0 bridgehead atoms. The molecule has 0 unspecified atom stereocenters. The smallest absolute Gasteiger partial charge is 0.187 e. The number of rotatable bonds is 9. The lowest BCUT2D eigenvalue weighted by Gasteiger charge is -2.71. The minimum atomic E-state index is -1.74. The molecular weight excluding hydrogens is 833 g/mol. The SMILES string of the molecule is C[C@@H]1O[C@@H](O[C@H]2[C@H](O)[C@@H](O)[C@H](O[C@H]3CC[C@]4(C)[C@H]5CC=C6[C@@H]7CC(C)(C)CC[C@]7(CO)CC[C@@]6(C)[C@]5(C)CC[C@H]4C3(C)C)O[C@@H]2CO[C@@H]2O[C@H](CO)[C@@H](O)[C@H](O)[C@H]2O)[C@H](O)[C@H](O)[C@H]1O. The second-order valence-electron chi connectivity index (χ2n) is 23.6. The molecule has 3 heterocycles. The van der Waals surface area contributed by atoms with Gasteiger partial charge in [-0.1, -0.05) is 60.1 Å². The maximum atomic E-state index is 11.8. The molecule has 0 aromatic heterocycles. The third-order valence-electron chi connectivity index (χ3n) is 19.4. The van der Waals surface area contributed by atoms with Crippen LogP contribution < -0.4 is 0 Å². The summed E-state index contributed by atoms with van der Waals surface area (Å²) in [4.78, 5) is 0. The van der Waals surface area contributed by atoms with Crippen molar-refractivity contribution in [2.75, 3.05) is 19.8 Å². The highest BCUT2D eigenvalue weighted by molar-refractivity contribution is 5.34. The number of hydrogen-bond donors (Lipinski definition) is 10. The summed E-state index contributed by atoms with van der Waals surface area (Å²) in [5.41, 5.74) is 1.46. The number of fused-ring (bicyclic) bond motifs is 7. The van der Waals surface area contributed by atoms with Crippen molar-refractivity contribution in [1.82, 2.24) is 0 Å². The van der Waals surface area contributed by atoms with Crippen molar-refractivity contribution < 1.29 is 79.5 Å². The molecule has 0 amide bonds. The molecule has 16 nitrogen and oxygen atoms in total. The average Bonchev–Trinajstić information content (AvgIpc) is 3.24. The molecule has 0 radical (unpaired) electrons. The van der Waals surface area contributed by atoms with Gasteiger partial charge in [-0.15, -0.1) is 0 Å². The van der Waals surface area contributed by atoms with Gasteiger partial charge >= 0.3 is 0 Å². The van der Waals surface area contributed by atoms with E-state index in [9.17, 15) is 51.1 Å². The fourth-order valence-electron chi connectivity index (χ4n) is 15.0. The van der Waals surface area contributed by atoms with Crippen LogP contribution in [-0.2, 0) is 28.4 Å². The van der Waals surface area contributed by atoms with E-state index in [2.05, 4.69) is 54.5 Å². The molecule has 16 heteroatoms. The molecule has 0 spiro atoms. The Labute approximate surface area is 378 Å². The summed E-state index contributed by atoms with van der Waals surface area (Å²) in [5.74, 6) is 1.07. The van der Waals surface area contributed by atoms with Crippen LogP contribution >= 0.6 is 0 Å². The highest BCUT2D eigenvalue weighted by Gasteiger charge is 2.69. The van der Waals surface area contributed by atoms with Crippen molar-refractivity contribution in [3.8, 4) is 0 Å². The molecule has 10 N–H and O–H groups in total. The maximum Gasteiger partial charge on any atom is 0.187 e. The van der Waals surface area contributed by atoms with Crippen LogP contribution in [0.5, 0.6) is 0 Å². The molecular formula is C48H80O16. The van der Waals surface area contributed by atoms with Gasteiger partial charge in [0.1, 0.15) is 67.1 Å². The zero-order valence-corrected chi connectivity index (χ0v) is 39.2. The van der Waals surface area contributed by atoms with E-state index in [0.717, 1.165) is 57.8 Å². The van der Waals surface area contributed by atoms with Crippen LogP contribution in [0.3, 0.4) is 0 Å². The first kappa shape index (κ1) is 49.5. The monoisotopic (exact) mass is 913 g/mol. The maximum absolute atomic E-state index is 11.8. The van der Waals surface area contributed by atoms with E-state index in [1.165, 1.54) is 6.92 Å². The molecule has 3 saturated heterocycles. The number of hydrogen-bond acceptors (Lipinski definition) is 16. The van der Waals surface area contributed by atoms with Crippen LogP contribution in [0.2, 0.25) is 0 Å². The molecule has 0 aromatic carbocycles. The van der Waals surface area contributed by atoms with Crippen molar-refractivity contribution >= 4 is 0 Å². The summed E-state index contributed by atoms with van der Waals surface area (Å²) in [7, 11) is 0. The summed E-state index contributed by atoms with van der Waals surface area (Å²) in [6, 6.07) is 0. The second-order valence-corrected chi connectivity index (χ2v) is 23.6. The summed E-state index contributed by atoms with van der Waals surface area (Å²) in [5, 5.41) is 107. The quantitative estimate of drug-likeness (QED) is 0.117. The van der Waals surface area contributed by atoms with E-state index >= 15 is 0 Å². The Morgan fingerprint density at radius 3 is 1.94 bits per heavy atom. The zero-order chi connectivity index (χ0) is 46.7. The lowest BCUT2D eigenvalue weighted by Crippen LogP contribution is -2.66. The first-order valence-electron chi connectivity index (χ1n) is 24.2. The third-order valence-corrected chi connectivity index (χ3v) is 19.4. The predicted molar refractivity (Wildman–Crippen MR) is 229 cm³/mol. The van der Waals surface area contributed by atoms with Crippen LogP contribution in [0.1, 0.15) is 120 Å². The van der Waals surface area contributed by atoms with Gasteiger partial charge in [-0.3, -0.25) is 0 Å². The lowest BCUT2D eigenvalue weighted by atomic mass is 9.33. The summed E-state index contributed by atoms with van der Waals surface area (Å²) >= 11 is 0. The zero-order valence-electron chi connectivity index (χ0n) is 39.2. The highest BCUT2D eigenvalue weighted by atomic mass is 16.8. The average molecular weight is 913 g/mol. The Bertz CT molecular complexity index is 1690. The molecule has 4 saturated carbocycles. The van der Waals surface area contributed by atoms with E-state index in [1.54, 1.807) is 5.57 Å². The normalized spacial score (nSPS) is 54.7. The van der Waals surface area contributed by atoms with Crippen molar-refractivity contribution in [2.24, 2.45) is 50.2 Å². The van der Waals surface area contributed by atoms with Gasteiger partial charge in [0.2, 0.25) is 0 Å². The van der Waals surface area contributed by atoms with Crippen molar-refractivity contribution in [2.45, 2.75) is 218 Å². The fraction of sp³-hybridized carbons (Fsp3) is 0.958. The molecule has 23 atom stereocenters. The minimum Gasteiger partial charge on any atom is -0.396 e. The second kappa shape index (κ2) is 17.5. The topological polar surface area (TPSA) is 258 Å². The summed E-state index contributed by atoms with van der Waals surface area (Å²) in [6.07, 6.45) is -10.5. The standard InChI is InChI=1S/C48H80O16/c1-23-31(51)33(53)37(57)41(60-23)64-39-27(21-59-40-36(56)34(54)32(52)26(20-49)61-40)62-42(38(58)35(39)55)63-30-12-13-45(6)28(44(30,4)5)11-14-47(8)29(45)10-9-24-25-19-43(2,3)15-17-48(25,22-50)18-16-46(24,47)7/h9,23,25-42,49-58H,10-22H2,1-8H3/t23-,25-,26+,27+,28-,29+,30-,31-,32+,33+,34-,35+,36+,37+,38+,39+,40+,41-,42-,45-,46+,47+,48+/m0/s1. The Hall–Kier alpha value is -0.900. The van der Waals surface area contributed by atoms with Gasteiger partial charge in [-0.25, -0.2) is 0 Å². The van der Waals surface area contributed by atoms with E-state index in [-0.39, 0.29) is 39.6 Å². The summed E-state index contributed by atoms with van der Waals surface area (Å²) < 4.78 is 36.3. The largest absolute Gasteiger partial charge is 0.396 e. The predicted octanol–water partition coefficient (Wildman–Crippen LogP) is 1.64. The molecule has 0 aromatic rings. The van der Waals surface area contributed by atoms with Crippen LogP contribution in [0.25, 0.3) is 0 Å². The molecule has 64 heavy (non-hydrogen) atoms. The third kappa shape index (κ3) is 7.81. The van der Waals surface area contributed by atoms with E-state index in [1.807, 2.05) is 0 Å². The molecule has 3 aliphatic heterocycles. The van der Waals surface area contributed by atoms with Gasteiger partial charge in [0.25, 0.3) is 0 Å². The Kier molecular flexibility index (Phi) is 13.5. The summed E-state index contributed by atoms with van der Waals surface area (Å²) in [6.45, 7) is 17.4. The van der Waals surface area contributed by atoms with Gasteiger partial charge < -0.3 is 79.5 Å². The molecule has 8 aliphatic rings. The van der Waals surface area contributed by atoms with Crippen LogP contribution in [0.4, 0.5) is 0 Å². The number of aliphatic hydroxyl groups excluding tert-OH is 10. The van der Waals surface area contributed by atoms with Gasteiger partial charge in [0, 0.05) is 12.0 Å². The van der Waals surface area contributed by atoms with Gasteiger partial charge in [0.05, 0.1) is 25.4 Å².